The van der Waals surface area contributed by atoms with Crippen LogP contribution in [0.2, 0.25) is 0 Å². The number of Topliss-reactive ketones (excluding diaryl/α,β-unsaturated/α-hetero) is 2. The number of carbonyl (C=O) groups excluding carboxylic acids is 2. The summed E-state index contributed by atoms with van der Waals surface area (Å²) < 4.78 is 14.9. The van der Waals surface area contributed by atoms with Gasteiger partial charge in [-0.1, -0.05) is 40.2 Å². The normalized spacial score (nSPS) is 14.8. The van der Waals surface area contributed by atoms with Gasteiger partial charge < -0.3 is 0 Å². The van der Waals surface area contributed by atoms with Crippen molar-refractivity contribution in [2.45, 2.75) is 12.8 Å². The third-order valence-corrected chi connectivity index (χ3v) is 4.00. The molecule has 2 aromatic rings. The van der Waals surface area contributed by atoms with Crippen molar-refractivity contribution in [3.8, 4) is 0 Å². The molecule has 2 nitrogen and oxygen atoms in total. The minimum Gasteiger partial charge on any atom is -0.293 e. The van der Waals surface area contributed by atoms with E-state index >= 15 is 0 Å². The molecule has 0 aliphatic heterocycles. The van der Waals surface area contributed by atoms with Crippen molar-refractivity contribution in [2.75, 3.05) is 0 Å². The van der Waals surface area contributed by atoms with E-state index in [4.69, 9.17) is 0 Å². The SMILES string of the molecule is Cc1cc(Br)cc(C2C(=O)c3ccccc3C2=O)c1F. The number of hydrogen-bond donors (Lipinski definition) is 0. The van der Waals surface area contributed by atoms with Gasteiger partial charge in [0, 0.05) is 21.2 Å². The van der Waals surface area contributed by atoms with Gasteiger partial charge >= 0.3 is 0 Å². The Morgan fingerprint density at radius 1 is 1.05 bits per heavy atom. The summed E-state index contributed by atoms with van der Waals surface area (Å²) in [5.74, 6) is -2.22. The third kappa shape index (κ3) is 1.83. The Morgan fingerprint density at radius 2 is 1.60 bits per heavy atom. The summed E-state index contributed by atoms with van der Waals surface area (Å²) in [6, 6.07) is 9.75. The van der Waals surface area contributed by atoms with Gasteiger partial charge in [-0.25, -0.2) is 4.39 Å². The van der Waals surface area contributed by atoms with Crippen LogP contribution in [0.5, 0.6) is 0 Å². The number of fused-ring (bicyclic) bond motifs is 1. The van der Waals surface area contributed by atoms with E-state index in [1.807, 2.05) is 0 Å². The van der Waals surface area contributed by atoms with Gasteiger partial charge in [0.1, 0.15) is 11.7 Å². The molecule has 20 heavy (non-hydrogen) atoms. The van der Waals surface area contributed by atoms with Crippen molar-refractivity contribution in [3.63, 3.8) is 0 Å². The zero-order valence-corrected chi connectivity index (χ0v) is 12.2. The van der Waals surface area contributed by atoms with E-state index in [1.54, 1.807) is 37.3 Å². The van der Waals surface area contributed by atoms with Crippen molar-refractivity contribution in [1.82, 2.24) is 0 Å². The van der Waals surface area contributed by atoms with Gasteiger partial charge in [-0.3, -0.25) is 9.59 Å². The zero-order chi connectivity index (χ0) is 14.4. The Kier molecular flexibility index (Phi) is 3.05. The Bertz CT molecular complexity index is 717. The Morgan fingerprint density at radius 3 is 2.15 bits per heavy atom. The van der Waals surface area contributed by atoms with Crippen LogP contribution < -0.4 is 0 Å². The molecule has 0 atom stereocenters. The molecule has 4 heteroatoms. The van der Waals surface area contributed by atoms with E-state index in [0.717, 1.165) is 0 Å². The summed E-state index contributed by atoms with van der Waals surface area (Å²) in [6.45, 7) is 1.61. The molecule has 0 unspecified atom stereocenters. The number of hydrogen-bond acceptors (Lipinski definition) is 2. The fourth-order valence-electron chi connectivity index (χ4n) is 2.59. The molecule has 0 radical (unpaired) electrons. The maximum absolute atomic E-state index is 14.3. The Hall–Kier alpha value is -1.81. The quantitative estimate of drug-likeness (QED) is 0.738. The summed E-state index contributed by atoms with van der Waals surface area (Å²) in [6.07, 6.45) is 0. The van der Waals surface area contributed by atoms with Crippen molar-refractivity contribution < 1.29 is 14.0 Å². The van der Waals surface area contributed by atoms with Gasteiger partial charge in [0.05, 0.1) is 0 Å². The Labute approximate surface area is 123 Å². The van der Waals surface area contributed by atoms with E-state index in [2.05, 4.69) is 15.9 Å². The summed E-state index contributed by atoms with van der Waals surface area (Å²) in [7, 11) is 0. The molecule has 0 heterocycles. The van der Waals surface area contributed by atoms with Gasteiger partial charge in [0.2, 0.25) is 0 Å². The second-order valence-electron chi connectivity index (χ2n) is 4.83. The van der Waals surface area contributed by atoms with Crippen LogP contribution in [0.1, 0.15) is 37.8 Å². The van der Waals surface area contributed by atoms with Gasteiger partial charge in [0.15, 0.2) is 11.6 Å². The van der Waals surface area contributed by atoms with Crippen molar-refractivity contribution in [1.29, 1.82) is 0 Å². The summed E-state index contributed by atoms with van der Waals surface area (Å²) >= 11 is 3.28. The molecule has 0 bridgehead atoms. The first kappa shape index (κ1) is 13.2. The zero-order valence-electron chi connectivity index (χ0n) is 10.6. The fourth-order valence-corrected chi connectivity index (χ4v) is 3.18. The minimum atomic E-state index is -1.07. The number of rotatable bonds is 1. The fraction of sp³-hybridized carbons (Fsp3) is 0.125. The van der Waals surface area contributed by atoms with Crippen LogP contribution in [-0.2, 0) is 0 Å². The first-order chi connectivity index (χ1) is 9.50. The lowest BCUT2D eigenvalue weighted by atomic mass is 9.92. The number of ketones is 2. The van der Waals surface area contributed by atoms with E-state index in [0.29, 0.717) is 21.2 Å². The highest BCUT2D eigenvalue weighted by molar-refractivity contribution is 9.10. The second kappa shape index (κ2) is 4.63. The van der Waals surface area contributed by atoms with Gasteiger partial charge in [-0.2, -0.15) is 0 Å². The van der Waals surface area contributed by atoms with Gasteiger partial charge in [-0.15, -0.1) is 0 Å². The van der Waals surface area contributed by atoms with Crippen molar-refractivity contribution >= 4 is 27.5 Å². The third-order valence-electron chi connectivity index (χ3n) is 3.54. The monoisotopic (exact) mass is 332 g/mol. The lowest BCUT2D eigenvalue weighted by Crippen LogP contribution is -2.15. The molecule has 0 spiro atoms. The molecular formula is C16H10BrFO2. The smallest absolute Gasteiger partial charge is 0.178 e. The van der Waals surface area contributed by atoms with Crippen LogP contribution >= 0.6 is 15.9 Å². The Balaban J connectivity index is 2.19. The number of carbonyl (C=O) groups is 2. The molecule has 0 N–H and O–H groups in total. The highest BCUT2D eigenvalue weighted by atomic mass is 79.9. The predicted octanol–water partition coefficient (Wildman–Crippen LogP) is 4.06. The topological polar surface area (TPSA) is 34.1 Å². The predicted molar refractivity (Wildman–Crippen MR) is 76.7 cm³/mol. The van der Waals surface area contributed by atoms with Gasteiger partial charge in [0.25, 0.3) is 0 Å². The summed E-state index contributed by atoms with van der Waals surface area (Å²) in [4.78, 5) is 24.8. The standard InChI is InChI=1S/C16H10BrFO2/c1-8-6-9(17)7-12(14(8)18)13-15(19)10-4-2-3-5-11(10)16(13)20/h2-7,13H,1H3. The first-order valence-electron chi connectivity index (χ1n) is 6.13. The largest absolute Gasteiger partial charge is 0.293 e. The molecule has 0 aromatic heterocycles. The number of aryl methyl sites for hydroxylation is 1. The van der Waals surface area contributed by atoms with Crippen LogP contribution in [0.4, 0.5) is 4.39 Å². The van der Waals surface area contributed by atoms with E-state index in [-0.39, 0.29) is 17.1 Å². The lowest BCUT2D eigenvalue weighted by Gasteiger charge is -2.11. The second-order valence-corrected chi connectivity index (χ2v) is 5.75. The van der Waals surface area contributed by atoms with E-state index in [1.165, 1.54) is 6.07 Å². The van der Waals surface area contributed by atoms with Gasteiger partial charge in [-0.05, 0) is 24.6 Å². The highest BCUT2D eigenvalue weighted by Crippen LogP contribution is 2.36. The molecular weight excluding hydrogens is 323 g/mol. The molecule has 100 valence electrons. The van der Waals surface area contributed by atoms with Crippen LogP contribution in [0.15, 0.2) is 40.9 Å². The molecule has 1 aliphatic rings. The van der Waals surface area contributed by atoms with Crippen molar-refractivity contribution in [3.05, 3.63) is 68.9 Å². The average Bonchev–Trinajstić information content (AvgIpc) is 2.67. The molecule has 0 saturated heterocycles. The maximum Gasteiger partial charge on any atom is 0.178 e. The molecule has 3 rings (SSSR count). The van der Waals surface area contributed by atoms with Crippen molar-refractivity contribution in [2.24, 2.45) is 0 Å². The number of halogens is 2. The first-order valence-corrected chi connectivity index (χ1v) is 6.93. The molecule has 1 aliphatic carbocycles. The molecule has 0 amide bonds. The van der Waals surface area contributed by atoms with Crippen LogP contribution in [0, 0.1) is 12.7 Å². The minimum absolute atomic E-state index is 0.142. The van der Waals surface area contributed by atoms with Crippen LogP contribution in [0.25, 0.3) is 0 Å². The van der Waals surface area contributed by atoms with E-state index < -0.39 is 11.7 Å². The lowest BCUT2D eigenvalue weighted by molar-refractivity contribution is 0.0887. The van der Waals surface area contributed by atoms with Crippen LogP contribution in [0.3, 0.4) is 0 Å². The summed E-state index contributed by atoms with van der Waals surface area (Å²) in [5.41, 5.74) is 1.30. The molecule has 0 saturated carbocycles. The summed E-state index contributed by atoms with van der Waals surface area (Å²) in [5, 5.41) is 0. The highest BCUT2D eigenvalue weighted by Gasteiger charge is 2.40. The average molecular weight is 333 g/mol. The molecule has 2 aromatic carbocycles. The maximum atomic E-state index is 14.3. The number of benzene rings is 2. The van der Waals surface area contributed by atoms with Crippen LogP contribution in [-0.4, -0.2) is 11.6 Å². The van der Waals surface area contributed by atoms with E-state index in [9.17, 15) is 14.0 Å². The molecule has 0 fully saturated rings.